The van der Waals surface area contributed by atoms with Gasteiger partial charge in [-0.2, -0.15) is 0 Å². The third-order valence-corrected chi connectivity index (χ3v) is 5.33. The summed E-state index contributed by atoms with van der Waals surface area (Å²) >= 11 is 0. The van der Waals surface area contributed by atoms with Gasteiger partial charge in [0.05, 0.1) is 6.10 Å². The normalized spacial score (nSPS) is 15.6. The third-order valence-electron chi connectivity index (χ3n) is 5.33. The molecular formula is C24H35IN4O. The van der Waals surface area contributed by atoms with Crippen LogP contribution in [0.3, 0.4) is 0 Å². The number of piperidine rings is 1. The Morgan fingerprint density at radius 3 is 2.57 bits per heavy atom. The van der Waals surface area contributed by atoms with Crippen LogP contribution in [0, 0.1) is 0 Å². The molecule has 1 aliphatic rings. The summed E-state index contributed by atoms with van der Waals surface area (Å²) in [6.07, 6.45) is 4.48. The van der Waals surface area contributed by atoms with Crippen molar-refractivity contribution in [3.05, 3.63) is 65.7 Å². The summed E-state index contributed by atoms with van der Waals surface area (Å²) in [5.41, 5.74) is 9.65. The minimum atomic E-state index is 0. The molecule has 0 radical (unpaired) electrons. The molecule has 3 N–H and O–H groups in total. The maximum Gasteiger partial charge on any atom is 0.193 e. The lowest BCUT2D eigenvalue weighted by atomic mass is 10.1. The Balaban J connectivity index is 0.00000320. The van der Waals surface area contributed by atoms with Gasteiger partial charge in [0.15, 0.2) is 5.96 Å². The molecule has 1 saturated heterocycles. The molecular weight excluding hydrogens is 487 g/mol. The molecule has 5 nitrogen and oxygen atoms in total. The van der Waals surface area contributed by atoms with E-state index >= 15 is 0 Å². The minimum Gasteiger partial charge on any atom is -0.378 e. The molecule has 0 atom stereocenters. The van der Waals surface area contributed by atoms with Gasteiger partial charge in [0.2, 0.25) is 0 Å². The van der Waals surface area contributed by atoms with Crippen LogP contribution >= 0.6 is 24.0 Å². The standard InChI is InChI=1S/C24H34N4O.HI/c1-2-20-10-6-11-22(18-20)27-24(25)26-14-7-17-29-23-12-15-28(16-13-23)19-21-8-4-3-5-9-21;/h3-6,8-11,18,23H,2,7,12-17,19H2,1H3,(H3,25,26,27);1H. The molecule has 1 heterocycles. The third kappa shape index (κ3) is 8.62. The van der Waals surface area contributed by atoms with Gasteiger partial charge in [-0.15, -0.1) is 24.0 Å². The number of hydrogen-bond acceptors (Lipinski definition) is 3. The van der Waals surface area contributed by atoms with E-state index in [1.165, 1.54) is 11.1 Å². The Morgan fingerprint density at radius 2 is 1.83 bits per heavy atom. The zero-order chi connectivity index (χ0) is 20.3. The van der Waals surface area contributed by atoms with Gasteiger partial charge in [-0.05, 0) is 48.9 Å². The molecule has 164 valence electrons. The average Bonchev–Trinajstić information content (AvgIpc) is 2.75. The molecule has 1 aliphatic heterocycles. The van der Waals surface area contributed by atoms with Gasteiger partial charge in [0.1, 0.15) is 0 Å². The number of hydrogen-bond donors (Lipinski definition) is 2. The van der Waals surface area contributed by atoms with Crippen LogP contribution in [-0.4, -0.2) is 43.2 Å². The van der Waals surface area contributed by atoms with Crippen molar-refractivity contribution in [3.8, 4) is 0 Å². The van der Waals surface area contributed by atoms with Gasteiger partial charge in [0.25, 0.3) is 0 Å². The SMILES string of the molecule is CCc1cccc(NC(N)=NCCCOC2CCN(Cc3ccccc3)CC2)c1.I. The molecule has 1 fully saturated rings. The summed E-state index contributed by atoms with van der Waals surface area (Å²) in [6, 6.07) is 19.0. The lowest BCUT2D eigenvalue weighted by molar-refractivity contribution is 0.00566. The van der Waals surface area contributed by atoms with Crippen molar-refractivity contribution in [3.63, 3.8) is 0 Å². The summed E-state index contributed by atoms with van der Waals surface area (Å²) in [5, 5.41) is 3.16. The number of aliphatic imine (C=N–C) groups is 1. The van der Waals surface area contributed by atoms with Crippen molar-refractivity contribution in [2.75, 3.05) is 31.6 Å². The van der Waals surface area contributed by atoms with Gasteiger partial charge in [-0.3, -0.25) is 9.89 Å². The van der Waals surface area contributed by atoms with Crippen LogP contribution in [0.4, 0.5) is 5.69 Å². The number of ether oxygens (including phenoxy) is 1. The van der Waals surface area contributed by atoms with Crippen LogP contribution < -0.4 is 11.1 Å². The highest BCUT2D eigenvalue weighted by Crippen LogP contribution is 2.16. The fourth-order valence-electron chi connectivity index (χ4n) is 3.65. The molecule has 0 saturated carbocycles. The molecule has 0 amide bonds. The minimum absolute atomic E-state index is 0. The monoisotopic (exact) mass is 522 g/mol. The molecule has 6 heteroatoms. The quantitative estimate of drug-likeness (QED) is 0.218. The number of nitrogens with two attached hydrogens (primary N) is 1. The lowest BCUT2D eigenvalue weighted by Gasteiger charge is -2.31. The Hall–Kier alpha value is -1.64. The van der Waals surface area contributed by atoms with E-state index in [0.717, 1.165) is 57.6 Å². The van der Waals surface area contributed by atoms with Crippen molar-refractivity contribution in [1.82, 2.24) is 4.90 Å². The summed E-state index contributed by atoms with van der Waals surface area (Å²) in [5.74, 6) is 0.465. The number of anilines is 1. The highest BCUT2D eigenvalue weighted by Gasteiger charge is 2.19. The maximum absolute atomic E-state index is 6.05. The van der Waals surface area contributed by atoms with Crippen LogP contribution in [0.5, 0.6) is 0 Å². The van der Waals surface area contributed by atoms with Crippen molar-refractivity contribution in [2.24, 2.45) is 10.7 Å². The molecule has 0 unspecified atom stereocenters. The first-order valence-corrected chi connectivity index (χ1v) is 10.8. The Morgan fingerprint density at radius 1 is 1.10 bits per heavy atom. The predicted molar refractivity (Wildman–Crippen MR) is 137 cm³/mol. The Bertz CT molecular complexity index is 761. The van der Waals surface area contributed by atoms with Gasteiger partial charge in [-0.25, -0.2) is 0 Å². The van der Waals surface area contributed by atoms with E-state index in [1.54, 1.807) is 0 Å². The molecule has 0 spiro atoms. The number of guanidine groups is 1. The van der Waals surface area contributed by atoms with E-state index in [1.807, 2.05) is 12.1 Å². The second kappa shape index (κ2) is 13.6. The second-order valence-electron chi connectivity index (χ2n) is 7.63. The second-order valence-corrected chi connectivity index (χ2v) is 7.63. The Labute approximate surface area is 198 Å². The van der Waals surface area contributed by atoms with E-state index in [0.29, 0.717) is 18.6 Å². The molecule has 2 aromatic carbocycles. The predicted octanol–water partition coefficient (Wildman–Crippen LogP) is 4.66. The number of halogens is 1. The highest BCUT2D eigenvalue weighted by molar-refractivity contribution is 14.0. The molecule has 0 aromatic heterocycles. The van der Waals surface area contributed by atoms with Crippen molar-refractivity contribution in [2.45, 2.75) is 45.3 Å². The first-order valence-electron chi connectivity index (χ1n) is 10.8. The first kappa shape index (κ1) is 24.6. The van der Waals surface area contributed by atoms with E-state index < -0.39 is 0 Å². The number of likely N-dealkylation sites (tertiary alicyclic amines) is 1. The van der Waals surface area contributed by atoms with E-state index in [9.17, 15) is 0 Å². The van der Waals surface area contributed by atoms with Crippen molar-refractivity contribution < 1.29 is 4.74 Å². The van der Waals surface area contributed by atoms with Crippen LogP contribution in [-0.2, 0) is 17.7 Å². The van der Waals surface area contributed by atoms with Crippen LogP contribution in [0.2, 0.25) is 0 Å². The molecule has 0 aliphatic carbocycles. The number of nitrogens with zero attached hydrogens (tertiary/aromatic N) is 2. The van der Waals surface area contributed by atoms with Crippen LogP contribution in [0.25, 0.3) is 0 Å². The summed E-state index contributed by atoms with van der Waals surface area (Å²) < 4.78 is 6.05. The summed E-state index contributed by atoms with van der Waals surface area (Å²) in [6.45, 7) is 6.81. The van der Waals surface area contributed by atoms with Gasteiger partial charge >= 0.3 is 0 Å². The zero-order valence-electron chi connectivity index (χ0n) is 17.9. The first-order chi connectivity index (χ1) is 14.2. The fraction of sp³-hybridized carbons (Fsp3) is 0.458. The van der Waals surface area contributed by atoms with E-state index in [4.69, 9.17) is 10.5 Å². The van der Waals surface area contributed by atoms with Crippen molar-refractivity contribution in [1.29, 1.82) is 0 Å². The average molecular weight is 522 g/mol. The number of benzene rings is 2. The highest BCUT2D eigenvalue weighted by atomic mass is 127. The summed E-state index contributed by atoms with van der Waals surface area (Å²) in [4.78, 5) is 6.92. The van der Waals surface area contributed by atoms with Crippen molar-refractivity contribution >= 4 is 35.6 Å². The van der Waals surface area contributed by atoms with Gasteiger partial charge < -0.3 is 15.8 Å². The number of nitrogens with one attached hydrogen (secondary N) is 1. The Kier molecular flexibility index (Phi) is 11.2. The van der Waals surface area contributed by atoms with E-state index in [2.05, 4.69) is 64.6 Å². The number of rotatable bonds is 9. The van der Waals surface area contributed by atoms with Gasteiger partial charge in [-0.1, -0.05) is 49.4 Å². The van der Waals surface area contributed by atoms with Crippen LogP contribution in [0.1, 0.15) is 37.3 Å². The maximum atomic E-state index is 6.05. The molecule has 0 bridgehead atoms. The van der Waals surface area contributed by atoms with Gasteiger partial charge in [0, 0.05) is 38.5 Å². The fourth-order valence-corrected chi connectivity index (χ4v) is 3.65. The lowest BCUT2D eigenvalue weighted by Crippen LogP contribution is -2.36. The number of aryl methyl sites for hydroxylation is 1. The zero-order valence-corrected chi connectivity index (χ0v) is 20.3. The summed E-state index contributed by atoms with van der Waals surface area (Å²) in [7, 11) is 0. The molecule has 2 aromatic rings. The molecule has 3 rings (SSSR count). The van der Waals surface area contributed by atoms with E-state index in [-0.39, 0.29) is 24.0 Å². The smallest absolute Gasteiger partial charge is 0.193 e. The van der Waals surface area contributed by atoms with Crippen LogP contribution in [0.15, 0.2) is 59.6 Å². The largest absolute Gasteiger partial charge is 0.378 e. The topological polar surface area (TPSA) is 62.9 Å². The molecule has 30 heavy (non-hydrogen) atoms.